The Labute approximate surface area is 179 Å². The third-order valence-corrected chi connectivity index (χ3v) is 6.41. The standard InChI is InChI=1S/C23H19BrN2O2S/c1-16-10-17(2)12-21(11-16)29(3,28)26-23(27)20-13-18(14-25-15-20)8-9-19-6-4-5-7-22(19)24/h4-7,10-15H,1-3H3. The second-order valence-corrected chi connectivity index (χ2v) is 9.83. The molecule has 0 aliphatic rings. The zero-order valence-electron chi connectivity index (χ0n) is 16.3. The lowest BCUT2D eigenvalue weighted by Crippen LogP contribution is -2.05. The summed E-state index contributed by atoms with van der Waals surface area (Å²) in [5.74, 6) is 5.47. The number of benzene rings is 2. The van der Waals surface area contributed by atoms with Crippen molar-refractivity contribution in [3.63, 3.8) is 0 Å². The second-order valence-electron chi connectivity index (χ2n) is 6.71. The highest BCUT2D eigenvalue weighted by molar-refractivity contribution is 9.10. The zero-order chi connectivity index (χ0) is 21.0. The fourth-order valence-electron chi connectivity index (χ4n) is 2.74. The number of aryl methyl sites for hydroxylation is 2. The van der Waals surface area contributed by atoms with Gasteiger partial charge in [0.2, 0.25) is 0 Å². The fraction of sp³-hybridized carbons (Fsp3) is 0.130. The highest BCUT2D eigenvalue weighted by Gasteiger charge is 2.13. The molecule has 0 aliphatic carbocycles. The summed E-state index contributed by atoms with van der Waals surface area (Å²) < 4.78 is 18.0. The highest BCUT2D eigenvalue weighted by Crippen LogP contribution is 2.18. The summed E-state index contributed by atoms with van der Waals surface area (Å²) in [4.78, 5) is 17.3. The zero-order valence-corrected chi connectivity index (χ0v) is 18.7. The Bertz CT molecular complexity index is 1260. The van der Waals surface area contributed by atoms with E-state index >= 15 is 0 Å². The van der Waals surface area contributed by atoms with Gasteiger partial charge in [-0.25, -0.2) is 4.21 Å². The topological polar surface area (TPSA) is 59.4 Å². The summed E-state index contributed by atoms with van der Waals surface area (Å²) in [5, 5.41) is 0. The smallest absolute Gasteiger partial charge is 0.266 e. The SMILES string of the molecule is Cc1cc(C)cc(S(C)(=O)=NC(=O)c2cncc(C#Cc3ccccc3Br)c2)c1. The molecule has 1 heterocycles. The Morgan fingerprint density at radius 2 is 1.72 bits per heavy atom. The summed E-state index contributed by atoms with van der Waals surface area (Å²) in [7, 11) is -2.87. The predicted molar refractivity (Wildman–Crippen MR) is 119 cm³/mol. The summed E-state index contributed by atoms with van der Waals surface area (Å²) in [6.07, 6.45) is 4.46. The van der Waals surface area contributed by atoms with E-state index in [2.05, 4.69) is 37.1 Å². The van der Waals surface area contributed by atoms with Crippen molar-refractivity contribution in [2.75, 3.05) is 6.26 Å². The Morgan fingerprint density at radius 3 is 2.41 bits per heavy atom. The summed E-state index contributed by atoms with van der Waals surface area (Å²) >= 11 is 3.45. The van der Waals surface area contributed by atoms with Gasteiger partial charge in [-0.15, -0.1) is 0 Å². The number of nitrogens with zero attached hydrogens (tertiary/aromatic N) is 2. The van der Waals surface area contributed by atoms with Gasteiger partial charge in [-0.1, -0.05) is 30.0 Å². The van der Waals surface area contributed by atoms with E-state index in [-0.39, 0.29) is 5.56 Å². The molecule has 0 fully saturated rings. The van der Waals surface area contributed by atoms with Gasteiger partial charge in [0, 0.05) is 39.1 Å². The van der Waals surface area contributed by atoms with E-state index in [1.54, 1.807) is 24.4 Å². The first-order valence-corrected chi connectivity index (χ1v) is 11.5. The minimum absolute atomic E-state index is 0.253. The number of pyridine rings is 1. The minimum atomic E-state index is -2.87. The Kier molecular flexibility index (Phi) is 6.31. The van der Waals surface area contributed by atoms with Crippen molar-refractivity contribution >= 4 is 31.6 Å². The van der Waals surface area contributed by atoms with Gasteiger partial charge in [0.15, 0.2) is 0 Å². The van der Waals surface area contributed by atoms with Gasteiger partial charge in [-0.2, -0.15) is 4.36 Å². The summed E-state index contributed by atoms with van der Waals surface area (Å²) in [6, 6.07) is 14.8. The molecule has 6 heteroatoms. The molecule has 2 aromatic carbocycles. The molecule has 3 rings (SSSR count). The molecule has 0 spiro atoms. The molecule has 0 aliphatic heterocycles. The van der Waals surface area contributed by atoms with E-state index in [1.165, 1.54) is 12.5 Å². The van der Waals surface area contributed by atoms with Gasteiger partial charge in [-0.3, -0.25) is 9.78 Å². The molecule has 4 nitrogen and oxygen atoms in total. The van der Waals surface area contributed by atoms with Gasteiger partial charge in [0.1, 0.15) is 0 Å². The second kappa shape index (κ2) is 8.73. The van der Waals surface area contributed by atoms with Crippen molar-refractivity contribution in [2.24, 2.45) is 4.36 Å². The van der Waals surface area contributed by atoms with Gasteiger partial charge in [-0.05, 0) is 71.2 Å². The molecular weight excluding hydrogens is 448 g/mol. The molecule has 0 saturated carbocycles. The van der Waals surface area contributed by atoms with E-state index in [9.17, 15) is 9.00 Å². The summed E-state index contributed by atoms with van der Waals surface area (Å²) in [6.45, 7) is 3.84. The number of aromatic nitrogens is 1. The Morgan fingerprint density at radius 1 is 1.03 bits per heavy atom. The van der Waals surface area contributed by atoms with E-state index in [0.717, 1.165) is 21.2 Å². The van der Waals surface area contributed by atoms with Gasteiger partial charge in [0.25, 0.3) is 5.91 Å². The number of rotatable bonds is 2. The van der Waals surface area contributed by atoms with Gasteiger partial charge >= 0.3 is 0 Å². The van der Waals surface area contributed by atoms with Crippen LogP contribution < -0.4 is 0 Å². The number of carbonyl (C=O) groups excluding carboxylic acids is 1. The third kappa shape index (κ3) is 5.41. The van der Waals surface area contributed by atoms with Crippen LogP contribution in [-0.4, -0.2) is 21.4 Å². The van der Waals surface area contributed by atoms with Crippen molar-refractivity contribution in [3.05, 3.63) is 93.2 Å². The van der Waals surface area contributed by atoms with Crippen molar-refractivity contribution in [1.29, 1.82) is 0 Å². The molecular formula is C23H19BrN2O2S. The molecule has 1 amide bonds. The van der Waals surface area contributed by atoms with Crippen molar-refractivity contribution in [3.8, 4) is 11.8 Å². The minimum Gasteiger partial charge on any atom is -0.266 e. The van der Waals surface area contributed by atoms with Crippen LogP contribution in [0.1, 0.15) is 32.6 Å². The monoisotopic (exact) mass is 466 g/mol. The molecule has 1 unspecified atom stereocenters. The number of halogens is 1. The molecule has 0 N–H and O–H groups in total. The molecule has 0 bridgehead atoms. The average molecular weight is 467 g/mol. The number of carbonyl (C=O) groups is 1. The van der Waals surface area contributed by atoms with Crippen molar-refractivity contribution < 1.29 is 9.00 Å². The molecule has 1 atom stereocenters. The maximum atomic E-state index is 13.1. The first kappa shape index (κ1) is 21.0. The van der Waals surface area contributed by atoms with Crippen LogP contribution >= 0.6 is 15.9 Å². The lowest BCUT2D eigenvalue weighted by Gasteiger charge is -2.07. The number of hydrogen-bond acceptors (Lipinski definition) is 3. The van der Waals surface area contributed by atoms with Crippen LogP contribution in [-0.2, 0) is 9.73 Å². The van der Waals surface area contributed by atoms with Crippen molar-refractivity contribution in [1.82, 2.24) is 4.98 Å². The first-order chi connectivity index (χ1) is 13.7. The highest BCUT2D eigenvalue weighted by atomic mass is 79.9. The Balaban J connectivity index is 1.93. The molecule has 3 aromatic rings. The van der Waals surface area contributed by atoms with Crippen LogP contribution in [0, 0.1) is 25.7 Å². The maximum absolute atomic E-state index is 13.1. The van der Waals surface area contributed by atoms with E-state index in [0.29, 0.717) is 10.5 Å². The maximum Gasteiger partial charge on any atom is 0.286 e. The van der Waals surface area contributed by atoms with Crippen LogP contribution in [0.2, 0.25) is 0 Å². The Hall–Kier alpha value is -2.75. The van der Waals surface area contributed by atoms with Crippen LogP contribution in [0.25, 0.3) is 0 Å². The van der Waals surface area contributed by atoms with Crippen LogP contribution in [0.4, 0.5) is 0 Å². The van der Waals surface area contributed by atoms with Crippen LogP contribution in [0.15, 0.2) is 74.7 Å². The molecule has 0 radical (unpaired) electrons. The number of amides is 1. The van der Waals surface area contributed by atoms with Crippen LogP contribution in [0.3, 0.4) is 0 Å². The third-order valence-electron chi connectivity index (χ3n) is 4.09. The number of hydrogen-bond donors (Lipinski definition) is 0. The molecule has 0 saturated heterocycles. The molecule has 146 valence electrons. The average Bonchev–Trinajstić information content (AvgIpc) is 2.66. The summed E-state index contributed by atoms with van der Waals surface area (Å²) in [5.41, 5.74) is 3.62. The lowest BCUT2D eigenvalue weighted by molar-refractivity contribution is 0.100. The van der Waals surface area contributed by atoms with E-state index in [4.69, 9.17) is 0 Å². The lowest BCUT2D eigenvalue weighted by atomic mass is 10.2. The predicted octanol–water partition coefficient (Wildman–Crippen LogP) is 5.16. The normalized spacial score (nSPS) is 12.4. The van der Waals surface area contributed by atoms with E-state index in [1.807, 2.05) is 44.2 Å². The quantitative estimate of drug-likeness (QED) is 0.490. The van der Waals surface area contributed by atoms with Crippen LogP contribution in [0.5, 0.6) is 0 Å². The van der Waals surface area contributed by atoms with Gasteiger partial charge in [0.05, 0.1) is 15.3 Å². The molecule has 29 heavy (non-hydrogen) atoms. The fourth-order valence-corrected chi connectivity index (χ4v) is 4.46. The van der Waals surface area contributed by atoms with Crippen molar-refractivity contribution in [2.45, 2.75) is 18.7 Å². The van der Waals surface area contributed by atoms with Gasteiger partial charge < -0.3 is 0 Å². The largest absolute Gasteiger partial charge is 0.286 e. The van der Waals surface area contributed by atoms with E-state index < -0.39 is 15.6 Å². The first-order valence-electron chi connectivity index (χ1n) is 8.81. The molecule has 1 aromatic heterocycles.